The molecule has 110 valence electrons. The number of nitrogens with one attached hydrogen (secondary N) is 1. The first-order valence-electron chi connectivity index (χ1n) is 6.62. The summed E-state index contributed by atoms with van der Waals surface area (Å²) in [6.07, 6.45) is 2.49. The number of carbonyl (C=O) groups excluding carboxylic acids is 1. The fourth-order valence-electron chi connectivity index (χ4n) is 1.86. The molecule has 1 amide bonds. The number of aromatic nitrogens is 1. The van der Waals surface area contributed by atoms with Crippen LogP contribution in [-0.2, 0) is 17.6 Å². The number of nitrogens with zero attached hydrogens (tertiary/aromatic N) is 1. The van der Waals surface area contributed by atoms with E-state index in [1.165, 1.54) is 17.5 Å². The molecule has 0 aliphatic carbocycles. The van der Waals surface area contributed by atoms with Crippen LogP contribution in [0.4, 0.5) is 0 Å². The molecular weight excluding hydrogens is 288 g/mol. The van der Waals surface area contributed by atoms with Gasteiger partial charge in [-0.2, -0.15) is 0 Å². The number of benzene rings is 1. The second-order valence-corrected chi connectivity index (χ2v) is 5.64. The monoisotopic (exact) mass is 304 g/mol. The molecule has 0 aliphatic rings. The van der Waals surface area contributed by atoms with E-state index in [-0.39, 0.29) is 6.42 Å². The van der Waals surface area contributed by atoms with Gasteiger partial charge >= 0.3 is 5.97 Å². The molecule has 0 fully saturated rings. The zero-order chi connectivity index (χ0) is 15.2. The second-order valence-electron chi connectivity index (χ2n) is 4.53. The van der Waals surface area contributed by atoms with Crippen molar-refractivity contribution in [3.05, 3.63) is 52.0 Å². The molecule has 0 radical (unpaired) electrons. The number of amides is 1. The Morgan fingerprint density at radius 1 is 1.33 bits per heavy atom. The number of carboxylic acid groups (broad SMARTS) is 1. The first-order chi connectivity index (χ1) is 10.1. The maximum atomic E-state index is 12.1. The third kappa shape index (κ3) is 4.13. The highest BCUT2D eigenvalue weighted by atomic mass is 32.1. The molecule has 2 rings (SSSR count). The zero-order valence-electron chi connectivity index (χ0n) is 11.6. The lowest BCUT2D eigenvalue weighted by Gasteiger charge is -2.13. The number of hydrogen-bond donors (Lipinski definition) is 2. The maximum Gasteiger partial charge on any atom is 0.326 e. The average molecular weight is 304 g/mol. The van der Waals surface area contributed by atoms with Crippen molar-refractivity contribution in [1.29, 1.82) is 0 Å². The summed E-state index contributed by atoms with van der Waals surface area (Å²) in [5.74, 6) is -1.44. The average Bonchev–Trinajstić information content (AvgIpc) is 2.96. The SMILES string of the molecule is CCc1ncc(C(=O)N[C@@H](Cc2ccccc2)C(=O)O)s1. The van der Waals surface area contributed by atoms with Crippen LogP contribution in [0.15, 0.2) is 36.5 Å². The van der Waals surface area contributed by atoms with Crippen LogP contribution < -0.4 is 5.32 Å². The largest absolute Gasteiger partial charge is 0.480 e. The van der Waals surface area contributed by atoms with Gasteiger partial charge in [-0.15, -0.1) is 11.3 Å². The first-order valence-corrected chi connectivity index (χ1v) is 7.44. The Kier molecular flexibility index (Phi) is 5.05. The van der Waals surface area contributed by atoms with E-state index in [2.05, 4.69) is 10.3 Å². The standard InChI is InChI=1S/C15H16N2O3S/c1-2-13-16-9-12(21-13)14(18)17-11(15(19)20)8-10-6-4-3-5-7-10/h3-7,9,11H,2,8H2,1H3,(H,17,18)(H,19,20)/t11-/m0/s1. The van der Waals surface area contributed by atoms with Gasteiger partial charge in [-0.05, 0) is 12.0 Å². The van der Waals surface area contributed by atoms with Gasteiger partial charge in [0.25, 0.3) is 5.91 Å². The first kappa shape index (κ1) is 15.2. The molecular formula is C15H16N2O3S. The number of rotatable bonds is 6. The van der Waals surface area contributed by atoms with Gasteiger partial charge in [-0.1, -0.05) is 37.3 Å². The van der Waals surface area contributed by atoms with E-state index in [1.807, 2.05) is 37.3 Å². The van der Waals surface area contributed by atoms with Crippen molar-refractivity contribution in [3.63, 3.8) is 0 Å². The zero-order valence-corrected chi connectivity index (χ0v) is 12.4. The summed E-state index contributed by atoms with van der Waals surface area (Å²) >= 11 is 1.28. The van der Waals surface area contributed by atoms with Crippen LogP contribution in [0.1, 0.15) is 27.2 Å². The van der Waals surface area contributed by atoms with E-state index in [0.29, 0.717) is 4.88 Å². The van der Waals surface area contributed by atoms with Crippen LogP contribution in [0.5, 0.6) is 0 Å². The van der Waals surface area contributed by atoms with Crippen molar-refractivity contribution in [2.75, 3.05) is 0 Å². The molecule has 0 saturated heterocycles. The number of carbonyl (C=O) groups is 2. The molecule has 1 atom stereocenters. The molecule has 5 nitrogen and oxygen atoms in total. The van der Waals surface area contributed by atoms with E-state index in [9.17, 15) is 14.7 Å². The van der Waals surface area contributed by atoms with E-state index in [4.69, 9.17) is 0 Å². The van der Waals surface area contributed by atoms with E-state index < -0.39 is 17.9 Å². The fraction of sp³-hybridized carbons (Fsp3) is 0.267. The summed E-state index contributed by atoms with van der Waals surface area (Å²) in [7, 11) is 0. The van der Waals surface area contributed by atoms with Gasteiger partial charge in [0, 0.05) is 6.42 Å². The molecule has 6 heteroatoms. The Balaban J connectivity index is 2.05. The number of aliphatic carboxylic acids is 1. The molecule has 0 saturated carbocycles. The van der Waals surface area contributed by atoms with Gasteiger partial charge in [-0.25, -0.2) is 9.78 Å². The molecule has 0 bridgehead atoms. The van der Waals surface area contributed by atoms with Crippen LogP contribution >= 0.6 is 11.3 Å². The van der Waals surface area contributed by atoms with E-state index in [0.717, 1.165) is 17.0 Å². The molecule has 0 unspecified atom stereocenters. The minimum Gasteiger partial charge on any atom is -0.480 e. The minimum absolute atomic E-state index is 0.251. The summed E-state index contributed by atoms with van der Waals surface area (Å²) < 4.78 is 0. The molecule has 21 heavy (non-hydrogen) atoms. The van der Waals surface area contributed by atoms with Crippen molar-refractivity contribution < 1.29 is 14.7 Å². The normalized spacial score (nSPS) is 11.9. The quantitative estimate of drug-likeness (QED) is 0.857. The number of carboxylic acids is 1. The van der Waals surface area contributed by atoms with Crippen LogP contribution in [0, 0.1) is 0 Å². The predicted molar refractivity (Wildman–Crippen MR) is 80.5 cm³/mol. The smallest absolute Gasteiger partial charge is 0.326 e. The predicted octanol–water partition coefficient (Wildman–Crippen LogP) is 2.13. The molecule has 0 spiro atoms. The fourth-order valence-corrected chi connectivity index (χ4v) is 2.62. The highest BCUT2D eigenvalue weighted by molar-refractivity contribution is 7.13. The Morgan fingerprint density at radius 3 is 2.62 bits per heavy atom. The van der Waals surface area contributed by atoms with Gasteiger partial charge in [-0.3, -0.25) is 4.79 Å². The maximum absolute atomic E-state index is 12.1. The topological polar surface area (TPSA) is 79.3 Å². The van der Waals surface area contributed by atoms with Crippen LogP contribution in [-0.4, -0.2) is 28.0 Å². The molecule has 2 aromatic rings. The van der Waals surface area contributed by atoms with Crippen molar-refractivity contribution >= 4 is 23.2 Å². The van der Waals surface area contributed by atoms with Gasteiger partial charge in [0.15, 0.2) is 0 Å². The third-order valence-electron chi connectivity index (χ3n) is 2.97. The van der Waals surface area contributed by atoms with Crippen LogP contribution in [0.2, 0.25) is 0 Å². The van der Waals surface area contributed by atoms with Crippen molar-refractivity contribution in [1.82, 2.24) is 10.3 Å². The van der Waals surface area contributed by atoms with Crippen LogP contribution in [0.3, 0.4) is 0 Å². The lowest BCUT2D eigenvalue weighted by molar-refractivity contribution is -0.139. The Hall–Kier alpha value is -2.21. The molecule has 2 N–H and O–H groups in total. The van der Waals surface area contributed by atoms with Gasteiger partial charge in [0.2, 0.25) is 0 Å². The van der Waals surface area contributed by atoms with Gasteiger partial charge < -0.3 is 10.4 Å². The van der Waals surface area contributed by atoms with Crippen LogP contribution in [0.25, 0.3) is 0 Å². The highest BCUT2D eigenvalue weighted by Gasteiger charge is 2.22. The Morgan fingerprint density at radius 2 is 2.05 bits per heavy atom. The highest BCUT2D eigenvalue weighted by Crippen LogP contribution is 2.14. The van der Waals surface area contributed by atoms with Gasteiger partial charge in [0.1, 0.15) is 10.9 Å². The summed E-state index contributed by atoms with van der Waals surface area (Å²) in [6.45, 7) is 1.95. The molecule has 1 aromatic heterocycles. The Labute approximate surface area is 126 Å². The van der Waals surface area contributed by atoms with Crippen molar-refractivity contribution in [2.45, 2.75) is 25.8 Å². The van der Waals surface area contributed by atoms with E-state index in [1.54, 1.807) is 0 Å². The second kappa shape index (κ2) is 6.99. The minimum atomic E-state index is -1.05. The lowest BCUT2D eigenvalue weighted by atomic mass is 10.1. The summed E-state index contributed by atoms with van der Waals surface area (Å²) in [5.41, 5.74) is 0.865. The number of thiazole rings is 1. The molecule has 0 aliphatic heterocycles. The summed E-state index contributed by atoms with van der Waals surface area (Å²) in [4.78, 5) is 27.9. The van der Waals surface area contributed by atoms with Crippen molar-refractivity contribution in [3.8, 4) is 0 Å². The summed E-state index contributed by atoms with van der Waals surface area (Å²) in [5, 5.41) is 12.7. The lowest BCUT2D eigenvalue weighted by Crippen LogP contribution is -2.42. The Bertz CT molecular complexity index is 625. The van der Waals surface area contributed by atoms with Gasteiger partial charge in [0.05, 0.1) is 11.2 Å². The number of aryl methyl sites for hydroxylation is 1. The third-order valence-corrected chi connectivity index (χ3v) is 4.11. The number of hydrogen-bond acceptors (Lipinski definition) is 4. The molecule has 1 aromatic carbocycles. The summed E-state index contributed by atoms with van der Waals surface area (Å²) in [6, 6.07) is 8.27. The van der Waals surface area contributed by atoms with E-state index >= 15 is 0 Å². The molecule has 1 heterocycles. The van der Waals surface area contributed by atoms with Crippen molar-refractivity contribution in [2.24, 2.45) is 0 Å².